The van der Waals surface area contributed by atoms with Gasteiger partial charge >= 0.3 is 0 Å². The summed E-state index contributed by atoms with van der Waals surface area (Å²) in [5.41, 5.74) is 2.85. The van der Waals surface area contributed by atoms with Crippen molar-refractivity contribution < 1.29 is 5.11 Å². The van der Waals surface area contributed by atoms with Crippen molar-refractivity contribution in [2.75, 3.05) is 0 Å². The maximum atomic E-state index is 9.42. The van der Waals surface area contributed by atoms with E-state index in [0.717, 1.165) is 16.8 Å². The van der Waals surface area contributed by atoms with Crippen molar-refractivity contribution in [1.29, 1.82) is 5.26 Å². The number of hydrogen-bond acceptors (Lipinski definition) is 4. The molecule has 0 saturated heterocycles. The molecular formula is C18H10Cl2N2OS. The number of allylic oxidation sites excluding steroid dienone is 1. The van der Waals surface area contributed by atoms with Crippen LogP contribution in [0.1, 0.15) is 10.6 Å². The highest BCUT2D eigenvalue weighted by atomic mass is 35.5. The predicted octanol–water partition coefficient (Wildman–Crippen LogP) is 5.89. The number of aromatic hydroxyl groups is 1. The summed E-state index contributed by atoms with van der Waals surface area (Å²) in [4.78, 5) is 4.51. The summed E-state index contributed by atoms with van der Waals surface area (Å²) >= 11 is 13.4. The quantitative estimate of drug-likeness (QED) is 0.583. The Kier molecular flexibility index (Phi) is 4.86. The Balaban J connectivity index is 1.94. The lowest BCUT2D eigenvalue weighted by Crippen LogP contribution is -1.83. The van der Waals surface area contributed by atoms with Crippen molar-refractivity contribution in [3.8, 4) is 23.1 Å². The molecule has 6 heteroatoms. The molecule has 3 aromatic rings. The first-order valence-electron chi connectivity index (χ1n) is 6.89. The first kappa shape index (κ1) is 16.5. The molecule has 3 rings (SSSR count). The largest absolute Gasteiger partial charge is 0.508 e. The van der Waals surface area contributed by atoms with Gasteiger partial charge in [0.25, 0.3) is 0 Å². The lowest BCUT2D eigenvalue weighted by molar-refractivity contribution is 0.475. The topological polar surface area (TPSA) is 56.9 Å². The van der Waals surface area contributed by atoms with Crippen LogP contribution in [0, 0.1) is 11.3 Å². The van der Waals surface area contributed by atoms with Crippen LogP contribution in [0.25, 0.3) is 22.9 Å². The van der Waals surface area contributed by atoms with Crippen LogP contribution in [0.15, 0.2) is 47.8 Å². The molecule has 0 atom stereocenters. The van der Waals surface area contributed by atoms with Crippen molar-refractivity contribution in [1.82, 2.24) is 4.98 Å². The summed E-state index contributed by atoms with van der Waals surface area (Å²) in [6.45, 7) is 0. The Morgan fingerprint density at radius 1 is 1.12 bits per heavy atom. The number of phenolic OH excluding ortho intramolecular Hbond substituents is 1. The minimum Gasteiger partial charge on any atom is -0.508 e. The summed E-state index contributed by atoms with van der Waals surface area (Å²) in [6.07, 6.45) is 1.73. The molecule has 0 saturated carbocycles. The van der Waals surface area contributed by atoms with Gasteiger partial charge in [0, 0.05) is 10.9 Å². The molecule has 0 bridgehead atoms. The van der Waals surface area contributed by atoms with Gasteiger partial charge in [-0.25, -0.2) is 4.98 Å². The van der Waals surface area contributed by atoms with E-state index in [-0.39, 0.29) is 5.75 Å². The van der Waals surface area contributed by atoms with E-state index >= 15 is 0 Å². The molecule has 1 heterocycles. The molecule has 0 aliphatic carbocycles. The molecule has 0 spiro atoms. The van der Waals surface area contributed by atoms with Crippen molar-refractivity contribution in [3.05, 3.63) is 68.5 Å². The second-order valence-electron chi connectivity index (χ2n) is 4.93. The number of halogens is 2. The number of benzene rings is 2. The standard InChI is InChI=1S/C18H10Cl2N2OS/c19-15-6-3-12(8-16(15)20)17-10-24-18(22-17)13(9-21)7-11-1-4-14(23)5-2-11/h1-8,10,23H. The smallest absolute Gasteiger partial charge is 0.134 e. The lowest BCUT2D eigenvalue weighted by atomic mass is 10.1. The van der Waals surface area contributed by atoms with Gasteiger partial charge in [0.1, 0.15) is 16.8 Å². The number of nitriles is 1. The van der Waals surface area contributed by atoms with E-state index in [4.69, 9.17) is 23.2 Å². The molecule has 118 valence electrons. The third-order valence-corrected chi connectivity index (χ3v) is 4.89. The first-order chi connectivity index (χ1) is 11.6. The van der Waals surface area contributed by atoms with Crippen LogP contribution in [-0.2, 0) is 0 Å². The molecule has 3 nitrogen and oxygen atoms in total. The normalized spacial score (nSPS) is 11.3. The summed E-state index contributed by atoms with van der Waals surface area (Å²) in [5.74, 6) is 0.182. The fourth-order valence-electron chi connectivity index (χ4n) is 2.06. The number of phenols is 1. The van der Waals surface area contributed by atoms with Crippen LogP contribution >= 0.6 is 34.5 Å². The molecule has 0 radical (unpaired) electrons. The van der Waals surface area contributed by atoms with Gasteiger partial charge in [0.2, 0.25) is 0 Å². The highest BCUT2D eigenvalue weighted by molar-refractivity contribution is 7.11. The summed E-state index contributed by atoms with van der Waals surface area (Å²) < 4.78 is 0. The Labute approximate surface area is 153 Å². The monoisotopic (exact) mass is 372 g/mol. The molecule has 2 aromatic carbocycles. The molecule has 1 N–H and O–H groups in total. The number of aromatic nitrogens is 1. The molecule has 24 heavy (non-hydrogen) atoms. The highest BCUT2D eigenvalue weighted by Crippen LogP contribution is 2.31. The second-order valence-corrected chi connectivity index (χ2v) is 6.60. The zero-order chi connectivity index (χ0) is 17.1. The Morgan fingerprint density at radius 3 is 2.54 bits per heavy atom. The number of hydrogen-bond donors (Lipinski definition) is 1. The average Bonchev–Trinajstić information content (AvgIpc) is 3.06. The summed E-state index contributed by atoms with van der Waals surface area (Å²) in [6, 6.07) is 14.1. The van der Waals surface area contributed by atoms with Gasteiger partial charge in [-0.2, -0.15) is 5.26 Å². The molecule has 0 amide bonds. The third kappa shape index (κ3) is 3.60. The second kappa shape index (κ2) is 7.06. The zero-order valence-electron chi connectivity index (χ0n) is 12.2. The van der Waals surface area contributed by atoms with Gasteiger partial charge in [-0.05, 0) is 35.9 Å². The van der Waals surface area contributed by atoms with Crippen molar-refractivity contribution in [2.24, 2.45) is 0 Å². The van der Waals surface area contributed by atoms with Gasteiger partial charge in [-0.3, -0.25) is 0 Å². The van der Waals surface area contributed by atoms with Gasteiger partial charge in [0.15, 0.2) is 0 Å². The van der Waals surface area contributed by atoms with E-state index in [1.54, 1.807) is 42.5 Å². The summed E-state index contributed by atoms with van der Waals surface area (Å²) in [5, 5.41) is 22.2. The van der Waals surface area contributed by atoms with E-state index < -0.39 is 0 Å². The first-order valence-corrected chi connectivity index (χ1v) is 8.52. The van der Waals surface area contributed by atoms with E-state index in [1.165, 1.54) is 11.3 Å². The zero-order valence-corrected chi connectivity index (χ0v) is 14.5. The van der Waals surface area contributed by atoms with Crippen LogP contribution in [0.4, 0.5) is 0 Å². The van der Waals surface area contributed by atoms with Crippen LogP contribution < -0.4 is 0 Å². The van der Waals surface area contributed by atoms with E-state index in [2.05, 4.69) is 11.1 Å². The maximum absolute atomic E-state index is 9.42. The third-order valence-electron chi connectivity index (χ3n) is 3.27. The van der Waals surface area contributed by atoms with Gasteiger partial charge in [-0.15, -0.1) is 11.3 Å². The van der Waals surface area contributed by atoms with Crippen molar-refractivity contribution in [3.63, 3.8) is 0 Å². The SMILES string of the molecule is N#CC(=Cc1ccc(O)cc1)c1nc(-c2ccc(Cl)c(Cl)c2)cs1. The molecule has 0 fully saturated rings. The van der Waals surface area contributed by atoms with E-state index in [1.807, 2.05) is 11.4 Å². The Bertz CT molecular complexity index is 956. The Hall–Kier alpha value is -2.32. The fraction of sp³-hybridized carbons (Fsp3) is 0. The maximum Gasteiger partial charge on any atom is 0.134 e. The molecular weight excluding hydrogens is 363 g/mol. The molecule has 1 aromatic heterocycles. The molecule has 0 aliphatic heterocycles. The van der Waals surface area contributed by atoms with Crippen molar-refractivity contribution in [2.45, 2.75) is 0 Å². The lowest BCUT2D eigenvalue weighted by Gasteiger charge is -1.99. The number of thiazole rings is 1. The summed E-state index contributed by atoms with van der Waals surface area (Å²) in [7, 11) is 0. The van der Waals surface area contributed by atoms with Gasteiger partial charge < -0.3 is 5.11 Å². The molecule has 0 aliphatic rings. The Morgan fingerprint density at radius 2 is 1.88 bits per heavy atom. The van der Waals surface area contributed by atoms with Gasteiger partial charge in [0.05, 0.1) is 21.3 Å². The van der Waals surface area contributed by atoms with Gasteiger partial charge in [-0.1, -0.05) is 41.4 Å². The van der Waals surface area contributed by atoms with E-state index in [9.17, 15) is 10.4 Å². The van der Waals surface area contributed by atoms with Crippen LogP contribution in [0.2, 0.25) is 10.0 Å². The highest BCUT2D eigenvalue weighted by Gasteiger charge is 2.10. The number of rotatable bonds is 3. The van der Waals surface area contributed by atoms with Crippen LogP contribution in [0.3, 0.4) is 0 Å². The van der Waals surface area contributed by atoms with Crippen LogP contribution in [-0.4, -0.2) is 10.1 Å². The molecule has 0 unspecified atom stereocenters. The minimum atomic E-state index is 0.182. The fourth-order valence-corrected chi connectivity index (χ4v) is 3.16. The predicted molar refractivity (Wildman–Crippen MR) is 99.2 cm³/mol. The minimum absolute atomic E-state index is 0.182. The van der Waals surface area contributed by atoms with E-state index in [0.29, 0.717) is 20.6 Å². The van der Waals surface area contributed by atoms with Crippen LogP contribution in [0.5, 0.6) is 5.75 Å². The number of nitrogens with zero attached hydrogens (tertiary/aromatic N) is 2. The average molecular weight is 373 g/mol. The van der Waals surface area contributed by atoms with Crippen molar-refractivity contribution >= 4 is 46.2 Å².